The molecule has 1 amide bonds. The monoisotopic (exact) mass is 213 g/mol. The predicted molar refractivity (Wildman–Crippen MR) is 52.9 cm³/mol. The summed E-state index contributed by atoms with van der Waals surface area (Å²) in [6, 6.07) is 1.98. The minimum Gasteiger partial charge on any atom is -0.309 e. The van der Waals surface area contributed by atoms with E-state index in [0.29, 0.717) is 10.7 Å². The highest BCUT2D eigenvalue weighted by Gasteiger charge is 2.10. The molecule has 0 aliphatic carbocycles. The number of hydrogen-bond donors (Lipinski definition) is 1. The first-order valence-corrected chi connectivity index (χ1v) is 5.44. The van der Waals surface area contributed by atoms with E-state index < -0.39 is 0 Å². The summed E-state index contributed by atoms with van der Waals surface area (Å²) in [5.74, 6) is 0.152. The zero-order valence-electron chi connectivity index (χ0n) is 7.12. The van der Waals surface area contributed by atoms with E-state index in [-0.39, 0.29) is 5.91 Å². The van der Waals surface area contributed by atoms with Crippen molar-refractivity contribution in [2.45, 2.75) is 11.3 Å². The second-order valence-electron chi connectivity index (χ2n) is 2.15. The van der Waals surface area contributed by atoms with Gasteiger partial charge in [-0.15, -0.1) is 0 Å². The highest BCUT2D eigenvalue weighted by Crippen LogP contribution is 2.28. The SMILES string of the molecule is CSc1nc(NC(C)=O)c(C#N)s1. The van der Waals surface area contributed by atoms with Crippen molar-refractivity contribution in [2.24, 2.45) is 0 Å². The number of anilines is 1. The summed E-state index contributed by atoms with van der Waals surface area (Å²) in [4.78, 5) is 15.2. The molecule has 1 aromatic heterocycles. The Bertz CT molecular complexity index is 366. The van der Waals surface area contributed by atoms with Crippen molar-refractivity contribution in [3.05, 3.63) is 4.88 Å². The number of nitrogens with one attached hydrogen (secondary N) is 1. The third-order valence-corrected chi connectivity index (χ3v) is 3.12. The normalized spacial score (nSPS) is 9.31. The van der Waals surface area contributed by atoms with E-state index in [4.69, 9.17) is 5.26 Å². The lowest BCUT2D eigenvalue weighted by Gasteiger charge is -1.94. The maximum Gasteiger partial charge on any atom is 0.222 e. The molecule has 0 aliphatic heterocycles. The average molecular weight is 213 g/mol. The standard InChI is InChI=1S/C7H7N3OS2/c1-4(11)9-6-5(3-8)13-7(10-6)12-2/h1-2H3,(H,9,11). The first-order valence-electron chi connectivity index (χ1n) is 3.40. The molecule has 0 aliphatic rings. The van der Waals surface area contributed by atoms with Crippen molar-refractivity contribution < 1.29 is 4.79 Å². The highest BCUT2D eigenvalue weighted by molar-refractivity contribution is 8.00. The van der Waals surface area contributed by atoms with Gasteiger partial charge >= 0.3 is 0 Å². The Kier molecular flexibility index (Phi) is 3.28. The van der Waals surface area contributed by atoms with E-state index in [1.807, 2.05) is 12.3 Å². The van der Waals surface area contributed by atoms with Crippen LogP contribution in [0.3, 0.4) is 0 Å². The number of thiazole rings is 1. The van der Waals surface area contributed by atoms with Crippen LogP contribution < -0.4 is 5.32 Å². The zero-order chi connectivity index (χ0) is 9.84. The van der Waals surface area contributed by atoms with Gasteiger partial charge in [-0.05, 0) is 6.26 Å². The molecule has 1 N–H and O–H groups in total. The summed E-state index contributed by atoms with van der Waals surface area (Å²) in [5.41, 5.74) is 0. The molecular weight excluding hydrogens is 206 g/mol. The van der Waals surface area contributed by atoms with Crippen LogP contribution in [0.15, 0.2) is 4.34 Å². The van der Waals surface area contributed by atoms with Crippen LogP contribution in [0.1, 0.15) is 11.8 Å². The van der Waals surface area contributed by atoms with Gasteiger partial charge in [0.1, 0.15) is 10.9 Å². The minimum absolute atomic E-state index is 0.213. The Morgan fingerprint density at radius 2 is 2.46 bits per heavy atom. The summed E-state index contributed by atoms with van der Waals surface area (Å²) in [7, 11) is 0. The Labute approximate surface area is 84.0 Å². The molecule has 0 fully saturated rings. The van der Waals surface area contributed by atoms with Gasteiger partial charge in [0.25, 0.3) is 0 Å². The second-order valence-corrected chi connectivity index (χ2v) is 4.21. The molecule has 0 saturated carbocycles. The number of amides is 1. The molecule has 0 spiro atoms. The summed E-state index contributed by atoms with van der Waals surface area (Å²) in [6.45, 7) is 1.39. The summed E-state index contributed by atoms with van der Waals surface area (Å²) >= 11 is 2.73. The number of rotatable bonds is 2. The van der Waals surface area contributed by atoms with Gasteiger partial charge in [-0.3, -0.25) is 4.79 Å². The number of aromatic nitrogens is 1. The maximum absolute atomic E-state index is 10.7. The molecular formula is C7H7N3OS2. The molecule has 0 aromatic carbocycles. The van der Waals surface area contributed by atoms with E-state index in [2.05, 4.69) is 10.3 Å². The van der Waals surface area contributed by atoms with Gasteiger partial charge in [-0.25, -0.2) is 4.98 Å². The fourth-order valence-electron chi connectivity index (χ4n) is 0.715. The molecule has 68 valence electrons. The number of thioether (sulfide) groups is 1. The molecule has 0 saturated heterocycles. The molecule has 0 unspecified atom stereocenters. The first kappa shape index (κ1) is 10.0. The third kappa shape index (κ3) is 2.44. The Balaban J connectivity index is 2.98. The third-order valence-electron chi connectivity index (χ3n) is 1.18. The summed E-state index contributed by atoms with van der Waals surface area (Å²) in [6.07, 6.45) is 1.87. The summed E-state index contributed by atoms with van der Waals surface area (Å²) < 4.78 is 0.778. The largest absolute Gasteiger partial charge is 0.309 e. The lowest BCUT2D eigenvalue weighted by Crippen LogP contribution is -2.06. The van der Waals surface area contributed by atoms with Crippen molar-refractivity contribution >= 4 is 34.8 Å². The van der Waals surface area contributed by atoms with Gasteiger partial charge in [0.2, 0.25) is 5.91 Å². The van der Waals surface area contributed by atoms with Gasteiger partial charge in [0.15, 0.2) is 10.2 Å². The van der Waals surface area contributed by atoms with Gasteiger partial charge in [-0.2, -0.15) is 5.26 Å². The number of carbonyl (C=O) groups excluding carboxylic acids is 1. The van der Waals surface area contributed by atoms with E-state index in [0.717, 1.165) is 4.34 Å². The van der Waals surface area contributed by atoms with Crippen LogP contribution in [-0.4, -0.2) is 17.1 Å². The lowest BCUT2D eigenvalue weighted by atomic mass is 10.5. The zero-order valence-corrected chi connectivity index (χ0v) is 8.75. The van der Waals surface area contributed by atoms with E-state index in [9.17, 15) is 4.79 Å². The van der Waals surface area contributed by atoms with Crippen LogP contribution in [0.5, 0.6) is 0 Å². The van der Waals surface area contributed by atoms with Crippen molar-refractivity contribution in [3.63, 3.8) is 0 Å². The number of hydrogen-bond acceptors (Lipinski definition) is 5. The molecule has 0 bridgehead atoms. The molecule has 1 rings (SSSR count). The van der Waals surface area contributed by atoms with Crippen LogP contribution in [0, 0.1) is 11.3 Å². The Morgan fingerprint density at radius 1 is 1.77 bits per heavy atom. The van der Waals surface area contributed by atoms with Crippen molar-refractivity contribution in [3.8, 4) is 6.07 Å². The van der Waals surface area contributed by atoms with Crippen LogP contribution in [0.25, 0.3) is 0 Å². The van der Waals surface area contributed by atoms with Crippen molar-refractivity contribution in [1.82, 2.24) is 4.98 Å². The second kappa shape index (κ2) is 4.25. The first-order chi connectivity index (χ1) is 6.17. The van der Waals surface area contributed by atoms with Crippen molar-refractivity contribution in [1.29, 1.82) is 5.26 Å². The fraction of sp³-hybridized carbons (Fsp3) is 0.286. The van der Waals surface area contributed by atoms with Crippen LogP contribution in [0.4, 0.5) is 5.82 Å². The van der Waals surface area contributed by atoms with E-state index in [1.54, 1.807) is 0 Å². The van der Waals surface area contributed by atoms with Crippen LogP contribution >= 0.6 is 23.1 Å². The molecule has 1 aromatic rings. The van der Waals surface area contributed by atoms with Gasteiger partial charge < -0.3 is 5.32 Å². The topological polar surface area (TPSA) is 65.8 Å². The number of nitriles is 1. The van der Waals surface area contributed by atoms with E-state index in [1.165, 1.54) is 30.0 Å². The van der Waals surface area contributed by atoms with E-state index >= 15 is 0 Å². The smallest absolute Gasteiger partial charge is 0.222 e. The molecule has 4 nitrogen and oxygen atoms in total. The summed E-state index contributed by atoms with van der Waals surface area (Å²) in [5, 5.41) is 11.2. The highest BCUT2D eigenvalue weighted by atomic mass is 32.2. The number of carbonyl (C=O) groups is 1. The van der Waals surface area contributed by atoms with Crippen LogP contribution in [0.2, 0.25) is 0 Å². The Morgan fingerprint density at radius 3 is 2.92 bits per heavy atom. The Hall–Kier alpha value is -1.06. The van der Waals surface area contributed by atoms with Gasteiger partial charge in [-0.1, -0.05) is 23.1 Å². The number of nitrogens with zero attached hydrogens (tertiary/aromatic N) is 2. The molecule has 0 radical (unpaired) electrons. The van der Waals surface area contributed by atoms with Crippen molar-refractivity contribution in [2.75, 3.05) is 11.6 Å². The van der Waals surface area contributed by atoms with Crippen LogP contribution in [-0.2, 0) is 4.79 Å². The molecule has 13 heavy (non-hydrogen) atoms. The fourth-order valence-corrected chi connectivity index (χ4v) is 2.03. The minimum atomic E-state index is -0.213. The maximum atomic E-state index is 10.7. The average Bonchev–Trinajstić information content (AvgIpc) is 2.46. The quantitative estimate of drug-likeness (QED) is 0.759. The molecule has 1 heterocycles. The molecule has 0 atom stereocenters. The lowest BCUT2D eigenvalue weighted by molar-refractivity contribution is -0.114. The predicted octanol–water partition coefficient (Wildman–Crippen LogP) is 1.70. The van der Waals surface area contributed by atoms with Gasteiger partial charge in [0, 0.05) is 6.92 Å². The molecule has 6 heteroatoms. The van der Waals surface area contributed by atoms with Gasteiger partial charge in [0.05, 0.1) is 0 Å².